The molecule has 0 saturated carbocycles. The molecule has 0 fully saturated rings. The van der Waals surface area contributed by atoms with Crippen LogP contribution in [-0.4, -0.2) is 27.9 Å². The largest absolute Gasteiger partial charge is 0.481 e. The number of hydrogen-bond acceptors (Lipinski definition) is 5. The van der Waals surface area contributed by atoms with Crippen LogP contribution in [0.15, 0.2) is 53.3 Å². The van der Waals surface area contributed by atoms with Gasteiger partial charge >= 0.3 is 0 Å². The van der Waals surface area contributed by atoms with E-state index in [2.05, 4.69) is 27.7 Å². The van der Waals surface area contributed by atoms with Gasteiger partial charge in [-0.05, 0) is 44.0 Å². The summed E-state index contributed by atoms with van der Waals surface area (Å²) in [7, 11) is 1.60. The fraction of sp³-hybridized carbons (Fsp3) is 0.286. The van der Waals surface area contributed by atoms with E-state index in [1.807, 2.05) is 24.4 Å². The molecule has 0 amide bonds. The minimum absolute atomic E-state index is 0.284. The monoisotopic (exact) mass is 379 g/mol. The Bertz CT molecular complexity index is 1060. The lowest BCUT2D eigenvalue weighted by Gasteiger charge is -2.22. The number of aryl methyl sites for hydroxylation is 1. The average molecular weight is 379 g/mol. The zero-order valence-corrected chi connectivity index (χ0v) is 16.0. The molecule has 3 aromatic rings. The minimum Gasteiger partial charge on any atom is -0.481 e. The van der Waals surface area contributed by atoms with Crippen LogP contribution in [0.4, 0.5) is 10.1 Å². The quantitative estimate of drug-likeness (QED) is 0.663. The number of imidazole rings is 1. The van der Waals surface area contributed by atoms with Crippen LogP contribution in [-0.2, 0) is 13.0 Å². The van der Waals surface area contributed by atoms with Gasteiger partial charge < -0.3 is 9.30 Å². The van der Waals surface area contributed by atoms with E-state index in [1.54, 1.807) is 18.2 Å². The SMILES string of the molecule is CCn1c(CC2=CCCC=NN2c2cccc(F)c2)nc2ccc(OC)nc21. The third-order valence-corrected chi connectivity index (χ3v) is 4.71. The van der Waals surface area contributed by atoms with E-state index in [0.717, 1.165) is 42.1 Å². The van der Waals surface area contributed by atoms with Crippen molar-refractivity contribution in [3.05, 3.63) is 59.8 Å². The molecule has 0 saturated heterocycles. The lowest BCUT2D eigenvalue weighted by atomic mass is 10.2. The number of aromatic nitrogens is 3. The average Bonchev–Trinajstić information content (AvgIpc) is 2.88. The standard InChI is InChI=1S/C21H22FN5O/c1-3-26-19(24-18-10-11-20(28-2)25-21(18)26)14-17-8-4-5-12-23-27(17)16-9-6-7-15(22)13-16/h6-13H,3-5,14H2,1-2H3. The highest BCUT2D eigenvalue weighted by Gasteiger charge is 2.19. The molecule has 0 spiro atoms. The highest BCUT2D eigenvalue weighted by atomic mass is 19.1. The lowest BCUT2D eigenvalue weighted by Crippen LogP contribution is -2.19. The van der Waals surface area contributed by atoms with Gasteiger partial charge in [0.2, 0.25) is 5.88 Å². The molecule has 0 atom stereocenters. The molecule has 28 heavy (non-hydrogen) atoms. The maximum absolute atomic E-state index is 13.8. The molecule has 0 N–H and O–H groups in total. The van der Waals surface area contributed by atoms with Crippen LogP contribution in [0.25, 0.3) is 11.2 Å². The van der Waals surface area contributed by atoms with E-state index in [-0.39, 0.29) is 5.82 Å². The van der Waals surface area contributed by atoms with Gasteiger partial charge in [-0.3, -0.25) is 0 Å². The number of anilines is 1. The van der Waals surface area contributed by atoms with Gasteiger partial charge in [0.1, 0.15) is 17.2 Å². The van der Waals surface area contributed by atoms with Crippen molar-refractivity contribution >= 4 is 23.1 Å². The molecule has 6 nitrogen and oxygen atoms in total. The second-order valence-corrected chi connectivity index (χ2v) is 6.51. The van der Waals surface area contributed by atoms with E-state index in [9.17, 15) is 4.39 Å². The summed E-state index contributed by atoms with van der Waals surface area (Å²) in [4.78, 5) is 9.33. The molecule has 3 heterocycles. The van der Waals surface area contributed by atoms with Crippen molar-refractivity contribution in [1.29, 1.82) is 0 Å². The number of nitrogens with zero attached hydrogens (tertiary/aromatic N) is 5. The predicted octanol–water partition coefficient (Wildman–Crippen LogP) is 4.31. The number of hydrazone groups is 1. The fourth-order valence-electron chi connectivity index (χ4n) is 3.39. The van der Waals surface area contributed by atoms with Crippen molar-refractivity contribution in [2.24, 2.45) is 5.10 Å². The number of benzene rings is 1. The first kappa shape index (κ1) is 18.2. The van der Waals surface area contributed by atoms with Crippen LogP contribution in [0.1, 0.15) is 25.6 Å². The Balaban J connectivity index is 1.73. The number of hydrogen-bond donors (Lipinski definition) is 0. The summed E-state index contributed by atoms with van der Waals surface area (Å²) in [6, 6.07) is 10.2. The molecule has 144 valence electrons. The lowest BCUT2D eigenvalue weighted by molar-refractivity contribution is 0.399. The topological polar surface area (TPSA) is 55.5 Å². The van der Waals surface area contributed by atoms with Crippen LogP contribution in [0.3, 0.4) is 0 Å². The smallest absolute Gasteiger partial charge is 0.215 e. The summed E-state index contributed by atoms with van der Waals surface area (Å²) in [5.41, 5.74) is 3.29. The Labute approximate surface area is 163 Å². The maximum Gasteiger partial charge on any atom is 0.215 e. The zero-order chi connectivity index (χ0) is 19.5. The van der Waals surface area contributed by atoms with Gasteiger partial charge in [-0.1, -0.05) is 12.1 Å². The maximum atomic E-state index is 13.8. The van der Waals surface area contributed by atoms with Crippen LogP contribution in [0, 0.1) is 5.82 Å². The first-order valence-electron chi connectivity index (χ1n) is 9.37. The van der Waals surface area contributed by atoms with Gasteiger partial charge in [-0.15, -0.1) is 0 Å². The molecular weight excluding hydrogens is 357 g/mol. The highest BCUT2D eigenvalue weighted by molar-refractivity contribution is 5.72. The number of allylic oxidation sites excluding steroid dienone is 2. The van der Waals surface area contributed by atoms with Gasteiger partial charge in [0, 0.05) is 30.9 Å². The summed E-state index contributed by atoms with van der Waals surface area (Å²) < 4.78 is 21.1. The first-order valence-corrected chi connectivity index (χ1v) is 9.37. The van der Waals surface area contributed by atoms with Gasteiger partial charge in [0.05, 0.1) is 12.8 Å². The molecule has 7 heteroatoms. The number of halogens is 1. The zero-order valence-electron chi connectivity index (χ0n) is 16.0. The molecule has 2 aromatic heterocycles. The fourth-order valence-corrected chi connectivity index (χ4v) is 3.39. The molecule has 0 aliphatic carbocycles. The molecule has 0 radical (unpaired) electrons. The number of rotatable bonds is 5. The van der Waals surface area contributed by atoms with Gasteiger partial charge in [0.15, 0.2) is 5.65 Å². The number of fused-ring (bicyclic) bond motifs is 1. The Morgan fingerprint density at radius 2 is 2.04 bits per heavy atom. The Hall–Kier alpha value is -3.22. The number of pyridine rings is 1. The summed E-state index contributed by atoms with van der Waals surface area (Å²) in [6.07, 6.45) is 6.30. The van der Waals surface area contributed by atoms with Crippen molar-refractivity contribution in [1.82, 2.24) is 14.5 Å². The summed E-state index contributed by atoms with van der Waals surface area (Å²) in [5, 5.41) is 6.34. The van der Waals surface area contributed by atoms with E-state index >= 15 is 0 Å². The Morgan fingerprint density at radius 3 is 2.82 bits per heavy atom. The van der Waals surface area contributed by atoms with Crippen LogP contribution in [0.5, 0.6) is 5.88 Å². The Kier molecular flexibility index (Phi) is 5.06. The molecular formula is C21H22FN5O. The van der Waals surface area contributed by atoms with Crippen molar-refractivity contribution in [3.63, 3.8) is 0 Å². The summed E-state index contributed by atoms with van der Waals surface area (Å²) >= 11 is 0. The second-order valence-electron chi connectivity index (χ2n) is 6.51. The van der Waals surface area contributed by atoms with Crippen molar-refractivity contribution in [2.45, 2.75) is 32.7 Å². The number of ether oxygens (including phenoxy) is 1. The summed E-state index contributed by atoms with van der Waals surface area (Å²) in [6.45, 7) is 2.80. The Morgan fingerprint density at radius 1 is 1.14 bits per heavy atom. The van der Waals surface area contributed by atoms with Crippen LogP contribution in [0.2, 0.25) is 0 Å². The van der Waals surface area contributed by atoms with E-state index in [1.165, 1.54) is 12.1 Å². The van der Waals surface area contributed by atoms with Crippen LogP contribution < -0.4 is 9.75 Å². The molecule has 0 bridgehead atoms. The number of methoxy groups -OCH3 is 1. The molecule has 1 aromatic carbocycles. The third-order valence-electron chi connectivity index (χ3n) is 4.71. The van der Waals surface area contributed by atoms with Gasteiger partial charge in [0.25, 0.3) is 0 Å². The molecule has 0 unspecified atom stereocenters. The van der Waals surface area contributed by atoms with Crippen molar-refractivity contribution in [2.75, 3.05) is 12.1 Å². The summed E-state index contributed by atoms with van der Waals surface area (Å²) in [5.74, 6) is 1.17. The van der Waals surface area contributed by atoms with Crippen molar-refractivity contribution in [3.8, 4) is 5.88 Å². The predicted molar refractivity (Wildman–Crippen MR) is 108 cm³/mol. The minimum atomic E-state index is -0.284. The normalized spacial score (nSPS) is 14.2. The van der Waals surface area contributed by atoms with E-state index < -0.39 is 0 Å². The van der Waals surface area contributed by atoms with Gasteiger partial charge in [-0.25, -0.2) is 14.4 Å². The van der Waals surface area contributed by atoms with E-state index in [0.29, 0.717) is 18.0 Å². The van der Waals surface area contributed by atoms with Gasteiger partial charge in [-0.2, -0.15) is 10.1 Å². The van der Waals surface area contributed by atoms with E-state index in [4.69, 9.17) is 9.72 Å². The molecule has 4 rings (SSSR count). The van der Waals surface area contributed by atoms with Crippen molar-refractivity contribution < 1.29 is 9.13 Å². The first-order chi connectivity index (χ1) is 13.7. The third kappa shape index (κ3) is 3.47. The van der Waals surface area contributed by atoms with Crippen LogP contribution >= 0.6 is 0 Å². The second kappa shape index (κ2) is 7.80. The molecule has 1 aliphatic rings. The highest BCUT2D eigenvalue weighted by Crippen LogP contribution is 2.26. The molecule has 1 aliphatic heterocycles.